The molecular weight excluding hydrogens is 352 g/mol. The largest absolute Gasteiger partial charge is 0.298 e. The lowest BCUT2D eigenvalue weighted by Gasteiger charge is -2.23. The maximum atomic E-state index is 13.8. The zero-order valence-electron chi connectivity index (χ0n) is 15.2. The molecule has 4 aromatic rings. The molecule has 2 atom stereocenters. The third-order valence-electron chi connectivity index (χ3n) is 4.76. The van der Waals surface area contributed by atoms with Crippen molar-refractivity contribution >= 4 is 5.78 Å². The van der Waals surface area contributed by atoms with Gasteiger partial charge in [0.15, 0.2) is 5.78 Å². The SMILES string of the molecule is O=C(C(Cn1cncn1)c1ccccc1)C(Cn1cncn1)c1ccccc1. The molecule has 0 N–H and O–H groups in total. The first kappa shape index (κ1) is 17.8. The van der Waals surface area contributed by atoms with Gasteiger partial charge in [-0.15, -0.1) is 0 Å². The van der Waals surface area contributed by atoms with Gasteiger partial charge in [-0.25, -0.2) is 9.97 Å². The highest BCUT2D eigenvalue weighted by atomic mass is 16.1. The summed E-state index contributed by atoms with van der Waals surface area (Å²) in [4.78, 5) is 21.8. The summed E-state index contributed by atoms with van der Waals surface area (Å²) in [7, 11) is 0. The van der Waals surface area contributed by atoms with E-state index in [1.807, 2.05) is 60.7 Å². The third kappa shape index (κ3) is 4.03. The van der Waals surface area contributed by atoms with Crippen molar-refractivity contribution in [2.24, 2.45) is 0 Å². The molecule has 0 saturated heterocycles. The number of aromatic nitrogens is 6. The van der Waals surface area contributed by atoms with E-state index in [9.17, 15) is 4.79 Å². The molecular formula is C21H20N6O. The van der Waals surface area contributed by atoms with Crippen LogP contribution < -0.4 is 0 Å². The van der Waals surface area contributed by atoms with Gasteiger partial charge in [-0.05, 0) is 11.1 Å². The molecule has 2 unspecified atom stereocenters. The smallest absolute Gasteiger partial charge is 0.151 e. The predicted octanol–water partition coefficient (Wildman–Crippen LogP) is 2.71. The fourth-order valence-corrected chi connectivity index (χ4v) is 3.36. The minimum atomic E-state index is -0.350. The van der Waals surface area contributed by atoms with Gasteiger partial charge in [-0.2, -0.15) is 10.2 Å². The molecule has 0 saturated carbocycles. The monoisotopic (exact) mass is 372 g/mol. The maximum Gasteiger partial charge on any atom is 0.151 e. The summed E-state index contributed by atoms with van der Waals surface area (Å²) in [6.45, 7) is 0.868. The van der Waals surface area contributed by atoms with Crippen molar-refractivity contribution in [3.05, 3.63) is 97.1 Å². The average Bonchev–Trinajstić information content (AvgIpc) is 3.45. The summed E-state index contributed by atoms with van der Waals surface area (Å²) < 4.78 is 3.40. The Kier molecular flexibility index (Phi) is 5.33. The molecule has 2 aromatic carbocycles. The highest BCUT2D eigenvalue weighted by molar-refractivity contribution is 5.91. The van der Waals surface area contributed by atoms with E-state index in [2.05, 4.69) is 20.2 Å². The Bertz CT molecular complexity index is 902. The fraction of sp³-hybridized carbons (Fsp3) is 0.190. The molecule has 28 heavy (non-hydrogen) atoms. The Morgan fingerprint density at radius 1 is 0.714 bits per heavy atom. The molecule has 0 bridgehead atoms. The third-order valence-corrected chi connectivity index (χ3v) is 4.76. The molecule has 0 aliphatic heterocycles. The van der Waals surface area contributed by atoms with Crippen molar-refractivity contribution in [1.82, 2.24) is 29.5 Å². The standard InChI is InChI=1S/C21H20N6O/c28-21(19(11-26-15-22-13-24-26)17-7-3-1-4-8-17)20(12-27-16-23-14-25-27)18-9-5-2-6-10-18/h1-10,13-16,19-20H,11-12H2. The Hall–Kier alpha value is -3.61. The van der Waals surface area contributed by atoms with E-state index in [0.29, 0.717) is 13.1 Å². The number of hydrogen-bond acceptors (Lipinski definition) is 5. The van der Waals surface area contributed by atoms with Crippen LogP contribution in [0.3, 0.4) is 0 Å². The van der Waals surface area contributed by atoms with Crippen molar-refractivity contribution in [3.8, 4) is 0 Å². The van der Waals surface area contributed by atoms with Crippen LogP contribution in [0.15, 0.2) is 86.0 Å². The topological polar surface area (TPSA) is 78.5 Å². The lowest BCUT2D eigenvalue weighted by molar-refractivity contribution is -0.122. The number of nitrogens with zero attached hydrogens (tertiary/aromatic N) is 6. The van der Waals surface area contributed by atoms with Crippen LogP contribution in [-0.2, 0) is 17.9 Å². The van der Waals surface area contributed by atoms with Gasteiger partial charge in [0, 0.05) is 0 Å². The maximum absolute atomic E-state index is 13.8. The summed E-state index contributed by atoms with van der Waals surface area (Å²) in [5.74, 6) is -0.586. The Balaban J connectivity index is 1.70. The van der Waals surface area contributed by atoms with E-state index in [4.69, 9.17) is 0 Å². The van der Waals surface area contributed by atoms with Crippen LogP contribution in [0.1, 0.15) is 23.0 Å². The highest BCUT2D eigenvalue weighted by Gasteiger charge is 2.30. The number of hydrogen-bond donors (Lipinski definition) is 0. The molecule has 2 aromatic heterocycles. The first-order chi connectivity index (χ1) is 13.8. The summed E-state index contributed by atoms with van der Waals surface area (Å²) in [5.41, 5.74) is 1.92. The highest BCUT2D eigenvalue weighted by Crippen LogP contribution is 2.29. The minimum absolute atomic E-state index is 0.114. The second kappa shape index (κ2) is 8.39. The van der Waals surface area contributed by atoms with Crippen molar-refractivity contribution in [2.75, 3.05) is 0 Å². The molecule has 4 rings (SSSR count). The van der Waals surface area contributed by atoms with Crippen LogP contribution in [0, 0.1) is 0 Å². The lowest BCUT2D eigenvalue weighted by Crippen LogP contribution is -2.28. The summed E-state index contributed by atoms with van der Waals surface area (Å²) in [6.07, 6.45) is 6.24. The molecule has 2 heterocycles. The van der Waals surface area contributed by atoms with Crippen LogP contribution in [-0.4, -0.2) is 35.3 Å². The Labute approximate surface area is 162 Å². The number of carbonyl (C=O) groups is 1. The van der Waals surface area contributed by atoms with E-state index < -0.39 is 0 Å². The summed E-state index contributed by atoms with van der Waals surface area (Å²) in [6, 6.07) is 19.6. The number of benzene rings is 2. The molecule has 0 radical (unpaired) electrons. The Morgan fingerprint density at radius 2 is 1.14 bits per heavy atom. The average molecular weight is 372 g/mol. The van der Waals surface area contributed by atoms with Crippen LogP contribution in [0.25, 0.3) is 0 Å². The van der Waals surface area contributed by atoms with Gasteiger partial charge in [0.1, 0.15) is 25.3 Å². The quantitative estimate of drug-likeness (QED) is 0.475. The zero-order chi connectivity index (χ0) is 19.2. The first-order valence-electron chi connectivity index (χ1n) is 9.09. The summed E-state index contributed by atoms with van der Waals surface area (Å²) in [5, 5.41) is 8.40. The first-order valence-corrected chi connectivity index (χ1v) is 9.09. The number of rotatable bonds is 8. The van der Waals surface area contributed by atoms with Gasteiger partial charge in [0.2, 0.25) is 0 Å². The fourth-order valence-electron chi connectivity index (χ4n) is 3.36. The van der Waals surface area contributed by atoms with Gasteiger partial charge < -0.3 is 0 Å². The molecule has 0 amide bonds. The van der Waals surface area contributed by atoms with Crippen molar-refractivity contribution in [3.63, 3.8) is 0 Å². The molecule has 0 spiro atoms. The normalized spacial score (nSPS) is 13.1. The van der Waals surface area contributed by atoms with E-state index in [-0.39, 0.29) is 17.6 Å². The molecule has 0 aliphatic carbocycles. The van der Waals surface area contributed by atoms with E-state index in [1.54, 1.807) is 22.0 Å². The van der Waals surface area contributed by atoms with Gasteiger partial charge >= 0.3 is 0 Å². The lowest BCUT2D eigenvalue weighted by atomic mass is 9.83. The van der Waals surface area contributed by atoms with Crippen molar-refractivity contribution < 1.29 is 4.79 Å². The number of ketones is 1. The molecule has 0 fully saturated rings. The van der Waals surface area contributed by atoms with Gasteiger partial charge in [-0.1, -0.05) is 60.7 Å². The molecule has 0 aliphatic rings. The number of Topliss-reactive ketones (excluding diaryl/α,β-unsaturated/α-hetero) is 1. The second-order valence-corrected chi connectivity index (χ2v) is 6.56. The summed E-state index contributed by atoms with van der Waals surface area (Å²) >= 11 is 0. The van der Waals surface area contributed by atoms with Gasteiger partial charge in [0.05, 0.1) is 24.9 Å². The molecule has 140 valence electrons. The second-order valence-electron chi connectivity index (χ2n) is 6.56. The number of carbonyl (C=O) groups excluding carboxylic acids is 1. The van der Waals surface area contributed by atoms with Crippen molar-refractivity contribution in [2.45, 2.75) is 24.9 Å². The Morgan fingerprint density at radius 3 is 1.50 bits per heavy atom. The van der Waals surface area contributed by atoms with Gasteiger partial charge in [-0.3, -0.25) is 14.2 Å². The molecule has 7 nitrogen and oxygen atoms in total. The van der Waals surface area contributed by atoms with Crippen molar-refractivity contribution in [1.29, 1.82) is 0 Å². The van der Waals surface area contributed by atoms with Crippen LogP contribution in [0.2, 0.25) is 0 Å². The van der Waals surface area contributed by atoms with Crippen LogP contribution in [0.4, 0.5) is 0 Å². The van der Waals surface area contributed by atoms with E-state index in [0.717, 1.165) is 11.1 Å². The van der Waals surface area contributed by atoms with Gasteiger partial charge in [0.25, 0.3) is 0 Å². The predicted molar refractivity (Wildman–Crippen MR) is 103 cm³/mol. The van der Waals surface area contributed by atoms with E-state index in [1.165, 1.54) is 12.7 Å². The van der Waals surface area contributed by atoms with Crippen LogP contribution >= 0.6 is 0 Å². The van der Waals surface area contributed by atoms with E-state index >= 15 is 0 Å². The zero-order valence-corrected chi connectivity index (χ0v) is 15.2. The minimum Gasteiger partial charge on any atom is -0.298 e. The van der Waals surface area contributed by atoms with Crippen LogP contribution in [0.5, 0.6) is 0 Å². The molecule has 7 heteroatoms.